The summed E-state index contributed by atoms with van der Waals surface area (Å²) in [6.07, 6.45) is 0.925. The second-order valence-electron chi connectivity index (χ2n) is 7.42. The Morgan fingerprint density at radius 1 is 0.758 bits per heavy atom. The lowest BCUT2D eigenvalue weighted by molar-refractivity contribution is 0.282. The molecule has 0 saturated carbocycles. The minimum absolute atomic E-state index is 0.000967. The van der Waals surface area contributed by atoms with Crippen LogP contribution in [-0.2, 0) is 49.7 Å². The van der Waals surface area contributed by atoms with Gasteiger partial charge in [0, 0.05) is 44.8 Å². The SMILES string of the molecule is CS(=O)(=O)Cl.Cn1c(=O)n(C)c2cc(CCl)ccc21.Cn1c(=O)n(C)c2cc(CO)ccc21. The van der Waals surface area contributed by atoms with Crippen LogP contribution in [0.1, 0.15) is 11.1 Å². The van der Waals surface area contributed by atoms with Gasteiger partial charge >= 0.3 is 11.4 Å². The molecular formula is C21H26Cl2N4O5S. The van der Waals surface area contributed by atoms with E-state index in [0.29, 0.717) is 5.88 Å². The molecule has 12 heteroatoms. The molecule has 0 bridgehead atoms. The number of aliphatic hydroxyl groups excluding tert-OH is 1. The van der Waals surface area contributed by atoms with E-state index in [1.807, 2.05) is 36.4 Å². The second kappa shape index (κ2) is 10.6. The normalized spacial score (nSPS) is 11.2. The number of fused-ring (bicyclic) bond motifs is 2. The van der Waals surface area contributed by atoms with Gasteiger partial charge in [-0.3, -0.25) is 18.3 Å². The van der Waals surface area contributed by atoms with Gasteiger partial charge in [0.2, 0.25) is 9.05 Å². The van der Waals surface area contributed by atoms with Crippen molar-refractivity contribution in [1.29, 1.82) is 0 Å². The predicted molar refractivity (Wildman–Crippen MR) is 132 cm³/mol. The average Bonchev–Trinajstić information content (AvgIpc) is 3.12. The summed E-state index contributed by atoms with van der Waals surface area (Å²) in [5, 5.41) is 8.97. The zero-order valence-corrected chi connectivity index (χ0v) is 21.2. The van der Waals surface area contributed by atoms with Gasteiger partial charge in [0.1, 0.15) is 0 Å². The molecule has 0 aliphatic rings. The molecule has 2 aromatic carbocycles. The highest BCUT2D eigenvalue weighted by Crippen LogP contribution is 2.15. The number of nitrogens with zero attached hydrogens (tertiary/aromatic N) is 4. The molecule has 4 rings (SSSR count). The molecule has 0 aliphatic carbocycles. The first kappa shape index (κ1) is 26.7. The summed E-state index contributed by atoms with van der Waals surface area (Å²) in [6, 6.07) is 11.3. The van der Waals surface area contributed by atoms with E-state index in [9.17, 15) is 18.0 Å². The van der Waals surface area contributed by atoms with Crippen molar-refractivity contribution in [3.8, 4) is 0 Å². The van der Waals surface area contributed by atoms with Crippen LogP contribution in [0.5, 0.6) is 0 Å². The maximum atomic E-state index is 11.6. The van der Waals surface area contributed by atoms with Crippen LogP contribution in [0.25, 0.3) is 22.1 Å². The zero-order valence-electron chi connectivity index (χ0n) is 18.9. The summed E-state index contributed by atoms with van der Waals surface area (Å²) in [7, 11) is 8.31. The Balaban J connectivity index is 0.000000195. The third-order valence-corrected chi connectivity index (χ3v) is 5.32. The van der Waals surface area contributed by atoms with Crippen molar-refractivity contribution in [2.24, 2.45) is 28.2 Å². The summed E-state index contributed by atoms with van der Waals surface area (Å²) in [6.45, 7) is -0.000967. The molecule has 0 radical (unpaired) electrons. The standard InChI is InChI=1S/C10H11ClN2O.C10H12N2O2.CH3ClO2S/c1-12-8-4-3-7(6-11)5-9(8)13(2)10(12)14;1-11-8-4-3-7(6-13)5-9(8)12(2)10(11)14;1-5(2,3)4/h3-5H,6H2,1-2H3;3-5,13H,6H2,1-2H3;1H3. The highest BCUT2D eigenvalue weighted by atomic mass is 35.7. The van der Waals surface area contributed by atoms with E-state index < -0.39 is 9.05 Å². The fourth-order valence-electron chi connectivity index (χ4n) is 3.29. The van der Waals surface area contributed by atoms with Crippen LogP contribution in [0.2, 0.25) is 0 Å². The smallest absolute Gasteiger partial charge is 0.328 e. The van der Waals surface area contributed by atoms with Crippen LogP contribution in [0.15, 0.2) is 46.0 Å². The number of aryl methyl sites for hydroxylation is 4. The molecule has 4 aromatic rings. The molecule has 0 fully saturated rings. The van der Waals surface area contributed by atoms with Gasteiger partial charge < -0.3 is 5.11 Å². The summed E-state index contributed by atoms with van der Waals surface area (Å²) >= 11 is 5.73. The average molecular weight is 517 g/mol. The molecule has 0 aliphatic heterocycles. The van der Waals surface area contributed by atoms with Crippen LogP contribution < -0.4 is 11.4 Å². The van der Waals surface area contributed by atoms with Crippen molar-refractivity contribution in [1.82, 2.24) is 18.3 Å². The number of halogens is 2. The third-order valence-electron chi connectivity index (χ3n) is 5.01. The van der Waals surface area contributed by atoms with E-state index in [2.05, 4.69) is 10.7 Å². The van der Waals surface area contributed by atoms with Gasteiger partial charge in [0.15, 0.2) is 0 Å². The van der Waals surface area contributed by atoms with E-state index in [1.54, 1.807) is 46.5 Å². The van der Waals surface area contributed by atoms with Crippen molar-refractivity contribution < 1.29 is 13.5 Å². The fraction of sp³-hybridized carbons (Fsp3) is 0.333. The fourth-order valence-corrected chi connectivity index (χ4v) is 3.45. The van der Waals surface area contributed by atoms with Gasteiger partial charge in [-0.1, -0.05) is 12.1 Å². The molecule has 2 aromatic heterocycles. The summed E-state index contributed by atoms with van der Waals surface area (Å²) < 4.78 is 25.2. The van der Waals surface area contributed by atoms with Crippen molar-refractivity contribution >= 4 is 53.4 Å². The summed E-state index contributed by atoms with van der Waals surface area (Å²) in [4.78, 5) is 23.1. The van der Waals surface area contributed by atoms with Crippen molar-refractivity contribution in [3.05, 3.63) is 68.5 Å². The van der Waals surface area contributed by atoms with Gasteiger partial charge in [-0.2, -0.15) is 0 Å². The van der Waals surface area contributed by atoms with Crippen LogP contribution in [0.4, 0.5) is 0 Å². The lowest BCUT2D eigenvalue weighted by atomic mass is 10.2. The van der Waals surface area contributed by atoms with Crippen molar-refractivity contribution in [2.75, 3.05) is 6.26 Å². The first-order chi connectivity index (χ1) is 15.3. The number of hydrogen-bond donors (Lipinski definition) is 1. The predicted octanol–water partition coefficient (Wildman–Crippen LogP) is 2.17. The maximum Gasteiger partial charge on any atom is 0.328 e. The number of hydrogen-bond acceptors (Lipinski definition) is 5. The molecule has 33 heavy (non-hydrogen) atoms. The number of alkyl halides is 1. The minimum atomic E-state index is -3.19. The lowest BCUT2D eigenvalue weighted by Gasteiger charge is -1.97. The van der Waals surface area contributed by atoms with Crippen molar-refractivity contribution in [2.45, 2.75) is 12.5 Å². The van der Waals surface area contributed by atoms with E-state index in [-0.39, 0.29) is 18.0 Å². The van der Waals surface area contributed by atoms with E-state index in [4.69, 9.17) is 16.7 Å². The van der Waals surface area contributed by atoms with Gasteiger partial charge in [-0.05, 0) is 35.4 Å². The molecule has 0 unspecified atom stereocenters. The summed E-state index contributed by atoms with van der Waals surface area (Å²) in [5.74, 6) is 0.471. The molecule has 0 saturated heterocycles. The number of aliphatic hydroxyl groups is 1. The summed E-state index contributed by atoms with van der Waals surface area (Å²) in [5.41, 5.74) is 5.39. The van der Waals surface area contributed by atoms with Crippen LogP contribution in [0.3, 0.4) is 0 Å². The van der Waals surface area contributed by atoms with Gasteiger partial charge in [-0.15, -0.1) is 11.6 Å². The lowest BCUT2D eigenvalue weighted by Crippen LogP contribution is -2.19. The van der Waals surface area contributed by atoms with Crippen LogP contribution in [-0.4, -0.2) is 38.0 Å². The molecular weight excluding hydrogens is 491 g/mol. The highest BCUT2D eigenvalue weighted by molar-refractivity contribution is 8.13. The number of aromatic nitrogens is 4. The maximum absolute atomic E-state index is 11.6. The van der Waals surface area contributed by atoms with Gasteiger partial charge in [0.05, 0.1) is 34.9 Å². The largest absolute Gasteiger partial charge is 0.392 e. The van der Waals surface area contributed by atoms with Gasteiger partial charge in [-0.25, -0.2) is 18.0 Å². The Hall–Kier alpha value is -2.53. The molecule has 180 valence electrons. The number of imidazole rings is 2. The van der Waals surface area contributed by atoms with Crippen molar-refractivity contribution in [3.63, 3.8) is 0 Å². The molecule has 0 amide bonds. The van der Waals surface area contributed by atoms with Crippen LogP contribution >= 0.6 is 22.3 Å². The Morgan fingerprint density at radius 3 is 1.45 bits per heavy atom. The Labute approximate surface area is 200 Å². The first-order valence-electron chi connectivity index (χ1n) is 9.65. The molecule has 0 spiro atoms. The van der Waals surface area contributed by atoms with E-state index >= 15 is 0 Å². The van der Waals surface area contributed by atoms with Crippen LogP contribution in [0, 0.1) is 0 Å². The molecule has 2 heterocycles. The number of benzene rings is 2. The minimum Gasteiger partial charge on any atom is -0.392 e. The Bertz CT molecular complexity index is 1410. The quantitative estimate of drug-likeness (QED) is 0.324. The van der Waals surface area contributed by atoms with E-state index in [0.717, 1.165) is 39.4 Å². The number of rotatable bonds is 2. The molecule has 1 N–H and O–H groups in total. The molecule has 9 nitrogen and oxygen atoms in total. The Kier molecular flexibility index (Phi) is 8.58. The first-order valence-corrected chi connectivity index (χ1v) is 12.9. The monoisotopic (exact) mass is 516 g/mol. The second-order valence-corrected chi connectivity index (χ2v) is 10.7. The molecule has 0 atom stereocenters. The topological polar surface area (TPSA) is 108 Å². The highest BCUT2D eigenvalue weighted by Gasteiger charge is 2.08. The van der Waals surface area contributed by atoms with E-state index in [1.165, 1.54) is 0 Å². The Morgan fingerprint density at radius 2 is 1.09 bits per heavy atom. The zero-order chi connectivity index (χ0) is 25.1. The third kappa shape index (κ3) is 6.29. The van der Waals surface area contributed by atoms with Gasteiger partial charge in [0.25, 0.3) is 0 Å².